The molecular weight excluding hydrogens is 293 g/mol. The van der Waals surface area contributed by atoms with Gasteiger partial charge in [-0.3, -0.25) is 4.79 Å². The van der Waals surface area contributed by atoms with Crippen molar-refractivity contribution < 1.29 is 18.0 Å². The lowest BCUT2D eigenvalue weighted by Gasteiger charge is -2.22. The molecule has 0 aliphatic carbocycles. The second-order valence-corrected chi connectivity index (χ2v) is 6.01. The molecular formula is C16H19F3N2O. The average molecular weight is 312 g/mol. The van der Waals surface area contributed by atoms with E-state index < -0.39 is 11.7 Å². The number of carbonyl (C=O) groups excluding carboxylic acids is 1. The SMILES string of the molecule is O=C(C1CCN(c2cccc(C(F)(F)F)c2)C1)N1CCCC1. The summed E-state index contributed by atoms with van der Waals surface area (Å²) in [5.41, 5.74) is -0.0918. The van der Waals surface area contributed by atoms with Gasteiger partial charge < -0.3 is 9.80 Å². The maximum atomic E-state index is 12.8. The predicted octanol–water partition coefficient (Wildman–Crippen LogP) is 3.15. The van der Waals surface area contributed by atoms with E-state index in [1.54, 1.807) is 6.07 Å². The molecule has 1 aromatic carbocycles. The van der Waals surface area contributed by atoms with Crippen molar-refractivity contribution in [3.63, 3.8) is 0 Å². The van der Waals surface area contributed by atoms with Crippen LogP contribution >= 0.6 is 0 Å². The molecule has 1 unspecified atom stereocenters. The van der Waals surface area contributed by atoms with Crippen molar-refractivity contribution >= 4 is 11.6 Å². The highest BCUT2D eigenvalue weighted by Crippen LogP contribution is 2.33. The number of rotatable bonds is 2. The van der Waals surface area contributed by atoms with Crippen LogP contribution < -0.4 is 4.90 Å². The summed E-state index contributed by atoms with van der Waals surface area (Å²) in [6.07, 6.45) is -1.52. The van der Waals surface area contributed by atoms with Gasteiger partial charge in [0.25, 0.3) is 0 Å². The monoisotopic (exact) mass is 312 g/mol. The van der Waals surface area contributed by atoms with Crippen molar-refractivity contribution in [2.75, 3.05) is 31.1 Å². The summed E-state index contributed by atoms with van der Waals surface area (Å²) in [5, 5.41) is 0. The Morgan fingerprint density at radius 1 is 1.14 bits per heavy atom. The van der Waals surface area contributed by atoms with Crippen molar-refractivity contribution in [3.8, 4) is 0 Å². The van der Waals surface area contributed by atoms with Crippen molar-refractivity contribution in [1.82, 2.24) is 4.90 Å². The molecule has 0 radical (unpaired) electrons. The van der Waals surface area contributed by atoms with E-state index in [-0.39, 0.29) is 11.8 Å². The third-order valence-electron chi connectivity index (χ3n) is 4.49. The molecule has 0 aromatic heterocycles. The minimum Gasteiger partial charge on any atom is -0.371 e. The van der Waals surface area contributed by atoms with Gasteiger partial charge in [0.05, 0.1) is 11.5 Å². The molecule has 6 heteroatoms. The fourth-order valence-corrected chi connectivity index (χ4v) is 3.27. The highest BCUT2D eigenvalue weighted by Gasteiger charge is 2.34. The lowest BCUT2D eigenvalue weighted by molar-refractivity contribution is -0.137. The molecule has 2 fully saturated rings. The maximum Gasteiger partial charge on any atom is 0.416 e. The van der Waals surface area contributed by atoms with Gasteiger partial charge in [0.2, 0.25) is 5.91 Å². The number of anilines is 1. The lowest BCUT2D eigenvalue weighted by atomic mass is 10.1. The maximum absolute atomic E-state index is 12.8. The van der Waals surface area contributed by atoms with Crippen LogP contribution in [-0.4, -0.2) is 37.0 Å². The van der Waals surface area contributed by atoms with E-state index in [4.69, 9.17) is 0 Å². The summed E-state index contributed by atoms with van der Waals surface area (Å²) in [7, 11) is 0. The van der Waals surface area contributed by atoms with E-state index in [9.17, 15) is 18.0 Å². The highest BCUT2D eigenvalue weighted by atomic mass is 19.4. The molecule has 2 aliphatic rings. The Morgan fingerprint density at radius 3 is 2.55 bits per heavy atom. The first kappa shape index (κ1) is 15.2. The van der Waals surface area contributed by atoms with E-state index in [1.807, 2.05) is 9.80 Å². The van der Waals surface area contributed by atoms with Gasteiger partial charge in [-0.25, -0.2) is 0 Å². The Bertz CT molecular complexity index is 553. The zero-order valence-corrected chi connectivity index (χ0v) is 12.3. The standard InChI is InChI=1S/C16H19F3N2O/c17-16(18,19)13-4-3-5-14(10-13)21-9-6-12(11-21)15(22)20-7-1-2-8-20/h3-5,10,12H,1-2,6-9,11H2. The Morgan fingerprint density at radius 2 is 1.86 bits per heavy atom. The fraction of sp³-hybridized carbons (Fsp3) is 0.562. The van der Waals surface area contributed by atoms with Crippen molar-refractivity contribution in [2.45, 2.75) is 25.4 Å². The molecule has 22 heavy (non-hydrogen) atoms. The number of amides is 1. The zero-order valence-electron chi connectivity index (χ0n) is 12.3. The van der Waals surface area contributed by atoms with Crippen molar-refractivity contribution in [3.05, 3.63) is 29.8 Å². The number of hydrogen-bond donors (Lipinski definition) is 0. The van der Waals surface area contributed by atoms with Crippen LogP contribution in [0.25, 0.3) is 0 Å². The van der Waals surface area contributed by atoms with Crippen LogP contribution in [-0.2, 0) is 11.0 Å². The lowest BCUT2D eigenvalue weighted by Crippen LogP contribution is -2.35. The van der Waals surface area contributed by atoms with Crippen molar-refractivity contribution in [1.29, 1.82) is 0 Å². The van der Waals surface area contributed by atoms with Gasteiger partial charge in [0.1, 0.15) is 0 Å². The second-order valence-electron chi connectivity index (χ2n) is 6.01. The van der Waals surface area contributed by atoms with E-state index in [2.05, 4.69) is 0 Å². The third kappa shape index (κ3) is 3.05. The smallest absolute Gasteiger partial charge is 0.371 e. The molecule has 2 aliphatic heterocycles. The number of hydrogen-bond acceptors (Lipinski definition) is 2. The molecule has 3 nitrogen and oxygen atoms in total. The summed E-state index contributed by atoms with van der Waals surface area (Å²) >= 11 is 0. The Balaban J connectivity index is 1.68. The molecule has 3 rings (SSSR count). The number of likely N-dealkylation sites (tertiary alicyclic amines) is 1. The van der Waals surface area contributed by atoms with E-state index in [0.29, 0.717) is 25.2 Å². The summed E-state index contributed by atoms with van der Waals surface area (Å²) in [6, 6.07) is 5.35. The first-order valence-corrected chi connectivity index (χ1v) is 7.66. The van der Waals surface area contributed by atoms with Crippen LogP contribution in [0.5, 0.6) is 0 Å². The van der Waals surface area contributed by atoms with Crippen LogP contribution in [0, 0.1) is 5.92 Å². The van der Waals surface area contributed by atoms with E-state index in [0.717, 1.165) is 32.0 Å². The normalized spacial score (nSPS) is 22.4. The zero-order chi connectivity index (χ0) is 15.7. The summed E-state index contributed by atoms with van der Waals surface area (Å²) < 4.78 is 38.4. The number of carbonyl (C=O) groups is 1. The third-order valence-corrected chi connectivity index (χ3v) is 4.49. The number of halogens is 3. The van der Waals surface area contributed by atoms with Gasteiger partial charge in [-0.1, -0.05) is 6.07 Å². The minimum absolute atomic E-state index is 0.0901. The molecule has 0 saturated carbocycles. The first-order valence-electron chi connectivity index (χ1n) is 7.66. The molecule has 1 atom stereocenters. The van der Waals surface area contributed by atoms with Crippen molar-refractivity contribution in [2.24, 2.45) is 5.92 Å². The number of alkyl halides is 3. The topological polar surface area (TPSA) is 23.6 Å². The first-order chi connectivity index (χ1) is 10.4. The number of benzene rings is 1. The van der Waals surface area contributed by atoms with Gasteiger partial charge >= 0.3 is 6.18 Å². The summed E-state index contributed by atoms with van der Waals surface area (Å²) in [4.78, 5) is 16.1. The molecule has 1 aromatic rings. The Labute approximate surface area is 127 Å². The van der Waals surface area contributed by atoms with E-state index >= 15 is 0 Å². The minimum atomic E-state index is -4.33. The van der Waals surface area contributed by atoms with Crippen LogP contribution in [0.1, 0.15) is 24.8 Å². The fourth-order valence-electron chi connectivity index (χ4n) is 3.27. The molecule has 120 valence electrons. The molecule has 2 heterocycles. The molecule has 1 amide bonds. The highest BCUT2D eigenvalue weighted by molar-refractivity contribution is 5.80. The summed E-state index contributed by atoms with van der Waals surface area (Å²) in [5.74, 6) is 0.0691. The Hall–Kier alpha value is -1.72. The molecule has 0 bridgehead atoms. The predicted molar refractivity (Wildman–Crippen MR) is 77.6 cm³/mol. The number of nitrogens with zero attached hydrogens (tertiary/aromatic N) is 2. The van der Waals surface area contributed by atoms with Gasteiger partial charge in [0, 0.05) is 31.9 Å². The van der Waals surface area contributed by atoms with Crippen LogP contribution in [0.15, 0.2) is 24.3 Å². The second kappa shape index (κ2) is 5.82. The van der Waals surface area contributed by atoms with Gasteiger partial charge in [-0.2, -0.15) is 13.2 Å². The van der Waals surface area contributed by atoms with Crippen LogP contribution in [0.2, 0.25) is 0 Å². The Kier molecular flexibility index (Phi) is 4.02. The van der Waals surface area contributed by atoms with Gasteiger partial charge in [-0.15, -0.1) is 0 Å². The molecule has 0 spiro atoms. The molecule has 2 saturated heterocycles. The van der Waals surface area contributed by atoms with E-state index in [1.165, 1.54) is 12.1 Å². The molecule has 0 N–H and O–H groups in total. The average Bonchev–Trinajstić information content (AvgIpc) is 3.17. The van der Waals surface area contributed by atoms with Gasteiger partial charge in [0.15, 0.2) is 0 Å². The van der Waals surface area contributed by atoms with Crippen LogP contribution in [0.3, 0.4) is 0 Å². The van der Waals surface area contributed by atoms with Crippen LogP contribution in [0.4, 0.5) is 18.9 Å². The largest absolute Gasteiger partial charge is 0.416 e. The summed E-state index contributed by atoms with van der Waals surface area (Å²) in [6.45, 7) is 2.78. The quantitative estimate of drug-likeness (QED) is 0.837. The van der Waals surface area contributed by atoms with Gasteiger partial charge in [-0.05, 0) is 37.5 Å².